The van der Waals surface area contributed by atoms with Gasteiger partial charge in [0.1, 0.15) is 5.75 Å². The Bertz CT molecular complexity index is 907. The van der Waals surface area contributed by atoms with Gasteiger partial charge in [0.2, 0.25) is 0 Å². The fourth-order valence-electron chi connectivity index (χ4n) is 3.01. The number of nitrogens with zero attached hydrogens (tertiary/aromatic N) is 1. The fraction of sp³-hybridized carbons (Fsp3) is 0.273. The largest absolute Gasteiger partial charge is 0.497 e. The molecule has 1 heterocycles. The molecule has 0 aliphatic carbocycles. The van der Waals surface area contributed by atoms with Crippen molar-refractivity contribution in [2.24, 2.45) is 0 Å². The van der Waals surface area contributed by atoms with E-state index in [0.717, 1.165) is 35.2 Å². The number of methoxy groups -OCH3 is 1. The van der Waals surface area contributed by atoms with Gasteiger partial charge in [-0.25, -0.2) is 0 Å². The molecule has 0 spiro atoms. The van der Waals surface area contributed by atoms with Crippen molar-refractivity contribution in [2.75, 3.05) is 7.11 Å². The van der Waals surface area contributed by atoms with Crippen LogP contribution in [0.4, 0.5) is 0 Å². The Balaban J connectivity index is 1.71. The number of aromatic nitrogens is 1. The van der Waals surface area contributed by atoms with Gasteiger partial charge < -0.3 is 10.1 Å². The molecule has 0 fully saturated rings. The van der Waals surface area contributed by atoms with Crippen LogP contribution in [0.3, 0.4) is 0 Å². The number of aryl methyl sites for hydroxylation is 2. The molecule has 3 rings (SSSR count). The Morgan fingerprint density at radius 3 is 2.65 bits per heavy atom. The molecule has 4 nitrogen and oxygen atoms in total. The van der Waals surface area contributed by atoms with Gasteiger partial charge in [-0.05, 0) is 56.5 Å². The van der Waals surface area contributed by atoms with E-state index in [1.54, 1.807) is 7.11 Å². The Hall–Kier alpha value is -2.88. The molecule has 0 saturated heterocycles. The summed E-state index contributed by atoms with van der Waals surface area (Å²) in [7, 11) is 1.63. The summed E-state index contributed by atoms with van der Waals surface area (Å²) < 4.78 is 5.26. The molecule has 2 aromatic carbocycles. The maximum absolute atomic E-state index is 12.7. The number of nitrogens with one attached hydrogen (secondary N) is 1. The van der Waals surface area contributed by atoms with Crippen molar-refractivity contribution in [3.8, 4) is 5.75 Å². The number of hydrogen-bond acceptors (Lipinski definition) is 3. The molecule has 0 radical (unpaired) electrons. The lowest BCUT2D eigenvalue weighted by molar-refractivity contribution is 0.0937. The van der Waals surface area contributed by atoms with Gasteiger partial charge in [-0.1, -0.05) is 30.3 Å². The minimum Gasteiger partial charge on any atom is -0.497 e. The molecule has 1 atom stereocenters. The van der Waals surface area contributed by atoms with E-state index in [4.69, 9.17) is 4.74 Å². The highest BCUT2D eigenvalue weighted by molar-refractivity contribution is 5.98. The highest BCUT2D eigenvalue weighted by Crippen LogP contribution is 2.22. The van der Waals surface area contributed by atoms with E-state index in [2.05, 4.69) is 22.4 Å². The van der Waals surface area contributed by atoms with Crippen LogP contribution in [-0.2, 0) is 6.42 Å². The Labute approximate surface area is 154 Å². The van der Waals surface area contributed by atoms with E-state index in [1.165, 1.54) is 5.56 Å². The predicted molar refractivity (Wildman–Crippen MR) is 105 cm³/mol. The van der Waals surface area contributed by atoms with Gasteiger partial charge in [0, 0.05) is 11.4 Å². The summed E-state index contributed by atoms with van der Waals surface area (Å²) in [6.45, 7) is 3.90. The van der Waals surface area contributed by atoms with E-state index in [9.17, 15) is 4.79 Å². The van der Waals surface area contributed by atoms with Crippen molar-refractivity contribution in [3.05, 3.63) is 71.4 Å². The summed E-state index contributed by atoms with van der Waals surface area (Å²) in [5, 5.41) is 3.99. The lowest BCUT2D eigenvalue weighted by atomic mass is 10.0. The maximum atomic E-state index is 12.7. The highest BCUT2D eigenvalue weighted by Gasteiger charge is 2.14. The number of hydrogen-bond donors (Lipinski definition) is 1. The standard InChI is InChI=1S/C22H24N2O2/c1-15(9-10-17-7-5-4-6-8-17)23-22(25)20-14-18-13-19(26-3)11-12-21(18)24-16(20)2/h4-8,11-15H,9-10H2,1-3H3,(H,23,25)/t15-/m1/s1. The van der Waals surface area contributed by atoms with Gasteiger partial charge in [0.25, 0.3) is 5.91 Å². The molecule has 3 aromatic rings. The number of amides is 1. The van der Waals surface area contributed by atoms with E-state index < -0.39 is 0 Å². The molecule has 4 heteroatoms. The fourth-order valence-corrected chi connectivity index (χ4v) is 3.01. The van der Waals surface area contributed by atoms with Crippen LogP contribution in [0.5, 0.6) is 5.75 Å². The van der Waals surface area contributed by atoms with Gasteiger partial charge in [0.05, 0.1) is 23.9 Å². The van der Waals surface area contributed by atoms with Crippen LogP contribution in [0.15, 0.2) is 54.6 Å². The van der Waals surface area contributed by atoms with Crippen molar-refractivity contribution in [1.29, 1.82) is 0 Å². The Kier molecular flexibility index (Phi) is 5.52. The molecular weight excluding hydrogens is 324 g/mol. The zero-order chi connectivity index (χ0) is 18.5. The highest BCUT2D eigenvalue weighted by atomic mass is 16.5. The topological polar surface area (TPSA) is 51.2 Å². The third kappa shape index (κ3) is 4.20. The lowest BCUT2D eigenvalue weighted by Crippen LogP contribution is -2.33. The maximum Gasteiger partial charge on any atom is 0.253 e. The first kappa shape index (κ1) is 17.9. The monoisotopic (exact) mass is 348 g/mol. The third-order valence-electron chi connectivity index (χ3n) is 4.54. The number of benzene rings is 2. The number of fused-ring (bicyclic) bond motifs is 1. The van der Waals surface area contributed by atoms with E-state index in [-0.39, 0.29) is 11.9 Å². The van der Waals surface area contributed by atoms with E-state index in [1.807, 2.05) is 56.3 Å². The molecule has 26 heavy (non-hydrogen) atoms. The quantitative estimate of drug-likeness (QED) is 0.722. The molecule has 134 valence electrons. The molecule has 0 aliphatic rings. The summed E-state index contributed by atoms with van der Waals surface area (Å²) in [5.41, 5.74) is 3.48. The van der Waals surface area contributed by atoms with Crippen LogP contribution in [0.2, 0.25) is 0 Å². The van der Waals surface area contributed by atoms with Crippen molar-refractivity contribution in [2.45, 2.75) is 32.7 Å². The molecule has 0 bridgehead atoms. The zero-order valence-electron chi connectivity index (χ0n) is 15.5. The SMILES string of the molecule is COc1ccc2nc(C)c(C(=O)N[C@H](C)CCc3ccccc3)cc2c1. The van der Waals surface area contributed by atoms with Gasteiger partial charge in [-0.3, -0.25) is 9.78 Å². The summed E-state index contributed by atoms with van der Waals surface area (Å²) in [4.78, 5) is 17.3. The summed E-state index contributed by atoms with van der Waals surface area (Å²) in [6.07, 6.45) is 1.83. The van der Waals surface area contributed by atoms with Crippen LogP contribution < -0.4 is 10.1 Å². The van der Waals surface area contributed by atoms with Crippen LogP contribution in [0.25, 0.3) is 10.9 Å². The van der Waals surface area contributed by atoms with Gasteiger partial charge >= 0.3 is 0 Å². The second-order valence-electron chi connectivity index (χ2n) is 6.58. The third-order valence-corrected chi connectivity index (χ3v) is 4.54. The second kappa shape index (κ2) is 8.00. The molecule has 0 saturated carbocycles. The number of ether oxygens (including phenoxy) is 1. The van der Waals surface area contributed by atoms with Crippen molar-refractivity contribution >= 4 is 16.8 Å². The number of pyridine rings is 1. The summed E-state index contributed by atoms with van der Waals surface area (Å²) in [6, 6.07) is 18.0. The molecule has 1 aromatic heterocycles. The normalized spacial score (nSPS) is 12.0. The first-order valence-corrected chi connectivity index (χ1v) is 8.87. The average Bonchev–Trinajstić information content (AvgIpc) is 2.66. The summed E-state index contributed by atoms with van der Waals surface area (Å²) >= 11 is 0. The smallest absolute Gasteiger partial charge is 0.253 e. The number of carbonyl (C=O) groups is 1. The molecule has 1 amide bonds. The molecular formula is C22H24N2O2. The Morgan fingerprint density at radius 1 is 1.15 bits per heavy atom. The van der Waals surface area contributed by atoms with Crippen molar-refractivity contribution in [1.82, 2.24) is 10.3 Å². The van der Waals surface area contributed by atoms with E-state index in [0.29, 0.717) is 5.56 Å². The van der Waals surface area contributed by atoms with Crippen LogP contribution >= 0.6 is 0 Å². The van der Waals surface area contributed by atoms with Gasteiger partial charge in [-0.15, -0.1) is 0 Å². The van der Waals surface area contributed by atoms with Crippen molar-refractivity contribution < 1.29 is 9.53 Å². The minimum absolute atomic E-state index is 0.0831. The average molecular weight is 348 g/mol. The van der Waals surface area contributed by atoms with Crippen LogP contribution in [0.1, 0.15) is 35.0 Å². The van der Waals surface area contributed by atoms with Crippen LogP contribution in [0, 0.1) is 6.92 Å². The minimum atomic E-state index is -0.0831. The molecule has 1 N–H and O–H groups in total. The molecule has 0 aliphatic heterocycles. The number of carbonyl (C=O) groups excluding carboxylic acids is 1. The van der Waals surface area contributed by atoms with Gasteiger partial charge in [0.15, 0.2) is 0 Å². The summed E-state index contributed by atoms with van der Waals surface area (Å²) in [5.74, 6) is 0.672. The first-order valence-electron chi connectivity index (χ1n) is 8.87. The lowest BCUT2D eigenvalue weighted by Gasteiger charge is -2.15. The molecule has 0 unspecified atom stereocenters. The Morgan fingerprint density at radius 2 is 1.92 bits per heavy atom. The zero-order valence-corrected chi connectivity index (χ0v) is 15.5. The second-order valence-corrected chi connectivity index (χ2v) is 6.58. The van der Waals surface area contributed by atoms with Gasteiger partial charge in [-0.2, -0.15) is 0 Å². The predicted octanol–water partition coefficient (Wildman–Crippen LogP) is 4.30. The first-order chi connectivity index (χ1) is 12.6. The van der Waals surface area contributed by atoms with Crippen molar-refractivity contribution in [3.63, 3.8) is 0 Å². The van der Waals surface area contributed by atoms with Crippen LogP contribution in [-0.4, -0.2) is 24.0 Å². The van der Waals surface area contributed by atoms with E-state index >= 15 is 0 Å². The number of rotatable bonds is 6.